The van der Waals surface area contributed by atoms with Gasteiger partial charge in [0, 0.05) is 5.56 Å². The van der Waals surface area contributed by atoms with Gasteiger partial charge in [-0.1, -0.05) is 11.3 Å². The normalized spacial score (nSPS) is 12.5. The van der Waals surface area contributed by atoms with Crippen LogP contribution >= 0.6 is 11.3 Å². The van der Waals surface area contributed by atoms with Crippen LogP contribution in [0, 0.1) is 0 Å². The molecule has 0 aliphatic rings. The Bertz CT molecular complexity index is 632. The van der Waals surface area contributed by atoms with Crippen LogP contribution in [-0.4, -0.2) is 11.3 Å². The van der Waals surface area contributed by atoms with Gasteiger partial charge in [-0.25, -0.2) is 4.98 Å². The van der Waals surface area contributed by atoms with Crippen LogP contribution in [0.4, 0.5) is 31.5 Å². The van der Waals surface area contributed by atoms with E-state index in [9.17, 15) is 26.3 Å². The van der Waals surface area contributed by atoms with Gasteiger partial charge in [-0.3, -0.25) is 0 Å². The molecule has 1 heterocycles. The second kappa shape index (κ2) is 5.10. The fraction of sp³-hybridized carbons (Fsp3) is 0.182. The SMILES string of the molecule is Nc1nc(-c2ccc(OC(F)(F)F)cc2)c(C(F)(F)F)s1. The van der Waals surface area contributed by atoms with Crippen LogP contribution in [-0.2, 0) is 6.18 Å². The minimum Gasteiger partial charge on any atom is -0.406 e. The first-order chi connectivity index (χ1) is 9.56. The van der Waals surface area contributed by atoms with Crippen LogP contribution < -0.4 is 10.5 Å². The van der Waals surface area contributed by atoms with Crippen LogP contribution in [0.3, 0.4) is 0 Å². The number of benzene rings is 1. The van der Waals surface area contributed by atoms with E-state index in [1.165, 1.54) is 0 Å². The van der Waals surface area contributed by atoms with Crippen molar-refractivity contribution in [1.29, 1.82) is 0 Å². The number of hydrogen-bond acceptors (Lipinski definition) is 4. The molecule has 3 nitrogen and oxygen atoms in total. The van der Waals surface area contributed by atoms with E-state index in [2.05, 4.69) is 9.72 Å². The van der Waals surface area contributed by atoms with Crippen molar-refractivity contribution in [3.63, 3.8) is 0 Å². The van der Waals surface area contributed by atoms with Gasteiger partial charge in [0.15, 0.2) is 5.13 Å². The highest BCUT2D eigenvalue weighted by Crippen LogP contribution is 2.42. The van der Waals surface area contributed by atoms with Crippen molar-refractivity contribution in [2.45, 2.75) is 12.5 Å². The van der Waals surface area contributed by atoms with E-state index < -0.39 is 28.9 Å². The van der Waals surface area contributed by atoms with Crippen molar-refractivity contribution in [2.75, 3.05) is 5.73 Å². The Hall–Kier alpha value is -1.97. The molecule has 2 aromatic rings. The molecular weight excluding hydrogens is 322 g/mol. The van der Waals surface area contributed by atoms with Crippen LogP contribution in [0.15, 0.2) is 24.3 Å². The van der Waals surface area contributed by atoms with E-state index in [1.807, 2.05) is 0 Å². The van der Waals surface area contributed by atoms with Gasteiger partial charge < -0.3 is 10.5 Å². The number of anilines is 1. The molecule has 1 aromatic carbocycles. The standard InChI is InChI=1S/C11H6F6N2OS/c12-10(13,14)8-7(19-9(18)21-8)5-1-3-6(4-2-5)20-11(15,16)17/h1-4H,(H2,18,19). The minimum atomic E-state index is -4.87. The molecule has 0 radical (unpaired) electrons. The van der Waals surface area contributed by atoms with Crippen molar-refractivity contribution in [3.05, 3.63) is 29.1 Å². The summed E-state index contributed by atoms with van der Waals surface area (Å²) < 4.78 is 78.0. The number of thiazole rings is 1. The number of rotatable bonds is 2. The Morgan fingerprint density at radius 3 is 2.05 bits per heavy atom. The predicted octanol–water partition coefficient (Wildman–Crippen LogP) is 4.31. The van der Waals surface area contributed by atoms with E-state index >= 15 is 0 Å². The Morgan fingerprint density at radius 2 is 1.57 bits per heavy atom. The average molecular weight is 328 g/mol. The Labute approximate surface area is 118 Å². The van der Waals surface area contributed by atoms with E-state index in [1.54, 1.807) is 0 Å². The van der Waals surface area contributed by atoms with Gasteiger partial charge >= 0.3 is 12.5 Å². The maximum atomic E-state index is 12.8. The van der Waals surface area contributed by atoms with E-state index in [0.29, 0.717) is 0 Å². The van der Waals surface area contributed by atoms with E-state index in [4.69, 9.17) is 5.73 Å². The van der Waals surface area contributed by atoms with Crippen LogP contribution in [0.5, 0.6) is 5.75 Å². The highest BCUT2D eigenvalue weighted by Gasteiger charge is 2.37. The molecule has 0 bridgehead atoms. The monoisotopic (exact) mass is 328 g/mol. The molecule has 0 amide bonds. The van der Waals surface area contributed by atoms with Crippen molar-refractivity contribution < 1.29 is 31.1 Å². The number of ether oxygens (including phenoxy) is 1. The lowest BCUT2D eigenvalue weighted by molar-refractivity contribution is -0.274. The van der Waals surface area contributed by atoms with Crippen molar-refractivity contribution in [2.24, 2.45) is 0 Å². The number of alkyl halides is 6. The molecular formula is C11H6F6N2OS. The summed E-state index contributed by atoms with van der Waals surface area (Å²) in [4.78, 5) is 2.56. The zero-order valence-corrected chi connectivity index (χ0v) is 10.7. The molecule has 0 aliphatic heterocycles. The molecule has 1 aromatic heterocycles. The lowest BCUT2D eigenvalue weighted by Gasteiger charge is -2.09. The molecule has 0 saturated carbocycles. The molecule has 0 fully saturated rings. The third-order valence-electron chi connectivity index (χ3n) is 2.26. The number of nitrogen functional groups attached to an aromatic ring is 1. The van der Waals surface area contributed by atoms with Crippen molar-refractivity contribution >= 4 is 16.5 Å². The zero-order chi connectivity index (χ0) is 15.8. The number of halogens is 6. The van der Waals surface area contributed by atoms with E-state index in [-0.39, 0.29) is 22.0 Å². The summed E-state index contributed by atoms with van der Waals surface area (Å²) in [6.45, 7) is 0. The van der Waals surface area contributed by atoms with Gasteiger partial charge in [-0.15, -0.1) is 13.2 Å². The zero-order valence-electron chi connectivity index (χ0n) is 9.92. The summed E-state index contributed by atoms with van der Waals surface area (Å²) in [6.07, 6.45) is -9.52. The summed E-state index contributed by atoms with van der Waals surface area (Å²) >= 11 is 0.261. The quantitative estimate of drug-likeness (QED) is 0.836. The minimum absolute atomic E-state index is 0.00944. The smallest absolute Gasteiger partial charge is 0.406 e. The molecule has 114 valence electrons. The predicted molar refractivity (Wildman–Crippen MR) is 63.6 cm³/mol. The number of nitrogens with two attached hydrogens (primary N) is 1. The van der Waals surface area contributed by atoms with E-state index in [0.717, 1.165) is 24.3 Å². The highest BCUT2D eigenvalue weighted by atomic mass is 32.1. The Morgan fingerprint density at radius 1 is 1.00 bits per heavy atom. The molecule has 0 aliphatic carbocycles. The fourth-order valence-corrected chi connectivity index (χ4v) is 2.26. The molecule has 0 atom stereocenters. The van der Waals surface area contributed by atoms with Crippen LogP contribution in [0.1, 0.15) is 4.88 Å². The summed E-state index contributed by atoms with van der Waals surface area (Å²) in [7, 11) is 0. The van der Waals surface area contributed by atoms with Crippen LogP contribution in [0.2, 0.25) is 0 Å². The summed E-state index contributed by atoms with van der Waals surface area (Å²) in [5.74, 6) is -0.539. The van der Waals surface area contributed by atoms with Crippen molar-refractivity contribution in [3.8, 4) is 17.0 Å². The number of aromatic nitrogens is 1. The fourth-order valence-electron chi connectivity index (χ4n) is 1.54. The second-order valence-electron chi connectivity index (χ2n) is 3.80. The van der Waals surface area contributed by atoms with Crippen LogP contribution in [0.25, 0.3) is 11.3 Å². The maximum Gasteiger partial charge on any atom is 0.573 e. The average Bonchev–Trinajstić information content (AvgIpc) is 2.70. The molecule has 2 rings (SSSR count). The van der Waals surface area contributed by atoms with Gasteiger partial charge in [0.05, 0.1) is 5.69 Å². The second-order valence-corrected chi connectivity index (χ2v) is 4.83. The van der Waals surface area contributed by atoms with Gasteiger partial charge in [0.25, 0.3) is 0 Å². The first kappa shape index (κ1) is 15.4. The van der Waals surface area contributed by atoms with Gasteiger partial charge in [0.1, 0.15) is 10.6 Å². The van der Waals surface area contributed by atoms with Crippen molar-refractivity contribution in [1.82, 2.24) is 4.98 Å². The molecule has 10 heteroatoms. The Balaban J connectivity index is 2.36. The first-order valence-corrected chi connectivity index (χ1v) is 6.07. The molecule has 0 saturated heterocycles. The summed E-state index contributed by atoms with van der Waals surface area (Å²) in [5.41, 5.74) is 4.82. The summed E-state index contributed by atoms with van der Waals surface area (Å²) in [5, 5.41) is -0.284. The van der Waals surface area contributed by atoms with Gasteiger partial charge in [-0.05, 0) is 24.3 Å². The lowest BCUT2D eigenvalue weighted by atomic mass is 10.1. The topological polar surface area (TPSA) is 48.1 Å². The lowest BCUT2D eigenvalue weighted by Crippen LogP contribution is -2.16. The third-order valence-corrected chi connectivity index (χ3v) is 3.19. The van der Waals surface area contributed by atoms with Gasteiger partial charge in [0.2, 0.25) is 0 Å². The highest BCUT2D eigenvalue weighted by molar-refractivity contribution is 7.15. The number of hydrogen-bond donors (Lipinski definition) is 1. The summed E-state index contributed by atoms with van der Waals surface area (Å²) in [6, 6.07) is 3.90. The largest absolute Gasteiger partial charge is 0.573 e. The molecule has 21 heavy (non-hydrogen) atoms. The third kappa shape index (κ3) is 3.78. The number of nitrogens with zero attached hydrogens (tertiary/aromatic N) is 1. The maximum absolute atomic E-state index is 12.8. The van der Waals surface area contributed by atoms with Gasteiger partial charge in [-0.2, -0.15) is 13.2 Å². The molecule has 2 N–H and O–H groups in total. The first-order valence-electron chi connectivity index (χ1n) is 5.26. The Kier molecular flexibility index (Phi) is 3.74. The molecule has 0 unspecified atom stereocenters. The molecule has 0 spiro atoms.